The molecule has 0 radical (unpaired) electrons. The highest BCUT2D eigenvalue weighted by molar-refractivity contribution is 5.85. The van der Waals surface area contributed by atoms with Crippen molar-refractivity contribution in [1.82, 2.24) is 24.5 Å². The van der Waals surface area contributed by atoms with Crippen LogP contribution in [0.1, 0.15) is 74.7 Å². The quantitative estimate of drug-likeness (QED) is 0.365. The maximum absolute atomic E-state index is 6.61. The Morgan fingerprint density at radius 1 is 1.00 bits per heavy atom. The highest BCUT2D eigenvalue weighted by Crippen LogP contribution is 2.40. The van der Waals surface area contributed by atoms with E-state index in [1.54, 1.807) is 12.5 Å². The number of nitrogens with two attached hydrogens (primary N) is 2. The molecule has 0 aliphatic heterocycles. The molecule has 182 valence electrons. The molecule has 4 aromatic rings. The summed E-state index contributed by atoms with van der Waals surface area (Å²) in [7, 11) is 0. The molecule has 5 N–H and O–H groups in total. The van der Waals surface area contributed by atoms with Gasteiger partial charge in [-0.25, -0.2) is 4.98 Å². The summed E-state index contributed by atoms with van der Waals surface area (Å²) in [6, 6.07) is 6.46. The molecule has 35 heavy (non-hydrogen) atoms. The van der Waals surface area contributed by atoms with Crippen molar-refractivity contribution in [3.8, 4) is 11.3 Å². The second kappa shape index (κ2) is 9.30. The van der Waals surface area contributed by atoms with E-state index in [4.69, 9.17) is 20.9 Å². The Morgan fingerprint density at radius 2 is 1.83 bits per heavy atom. The van der Waals surface area contributed by atoms with Gasteiger partial charge in [0.2, 0.25) is 5.95 Å². The van der Waals surface area contributed by atoms with Crippen molar-refractivity contribution >= 4 is 22.9 Å². The number of nitrogen functional groups attached to an aromatic ring is 1. The van der Waals surface area contributed by atoms with E-state index in [-0.39, 0.29) is 17.9 Å². The SMILES string of the molecule is Nc1nc(NCc2ccc(-c3ccoc3)nc2)c2nc(C3CCCCC3N)n(C3CCCC3)c2n1. The van der Waals surface area contributed by atoms with Crippen molar-refractivity contribution in [2.24, 2.45) is 5.73 Å². The smallest absolute Gasteiger partial charge is 0.224 e. The number of anilines is 2. The number of nitrogens with one attached hydrogen (secondary N) is 1. The Morgan fingerprint density at radius 3 is 2.57 bits per heavy atom. The van der Waals surface area contributed by atoms with Gasteiger partial charge >= 0.3 is 0 Å². The fourth-order valence-electron chi connectivity index (χ4n) is 5.69. The summed E-state index contributed by atoms with van der Waals surface area (Å²) < 4.78 is 7.51. The van der Waals surface area contributed by atoms with E-state index >= 15 is 0 Å². The molecule has 2 saturated carbocycles. The van der Waals surface area contributed by atoms with E-state index < -0.39 is 0 Å². The number of aromatic nitrogens is 5. The summed E-state index contributed by atoms with van der Waals surface area (Å²) >= 11 is 0. The molecule has 4 aromatic heterocycles. The average Bonchev–Trinajstić information content (AvgIpc) is 3.64. The number of furan rings is 1. The van der Waals surface area contributed by atoms with Crippen LogP contribution >= 0.6 is 0 Å². The minimum Gasteiger partial charge on any atom is -0.472 e. The van der Waals surface area contributed by atoms with Gasteiger partial charge in [0.15, 0.2) is 17.0 Å². The number of hydrogen-bond donors (Lipinski definition) is 3. The molecule has 0 spiro atoms. The van der Waals surface area contributed by atoms with Crippen LogP contribution in [-0.2, 0) is 6.54 Å². The fourth-order valence-corrected chi connectivity index (χ4v) is 5.69. The molecule has 9 nitrogen and oxygen atoms in total. The Labute approximate surface area is 204 Å². The fraction of sp³-hybridized carbons (Fsp3) is 0.462. The van der Waals surface area contributed by atoms with Crippen molar-refractivity contribution in [1.29, 1.82) is 0 Å². The van der Waals surface area contributed by atoms with Crippen molar-refractivity contribution in [2.75, 3.05) is 11.1 Å². The van der Waals surface area contributed by atoms with Crippen LogP contribution in [0.25, 0.3) is 22.4 Å². The summed E-state index contributed by atoms with van der Waals surface area (Å²) in [5.74, 6) is 2.22. The van der Waals surface area contributed by atoms with Crippen LogP contribution in [0.15, 0.2) is 41.3 Å². The van der Waals surface area contributed by atoms with Crippen molar-refractivity contribution < 1.29 is 4.42 Å². The topological polar surface area (TPSA) is 134 Å². The third-order valence-corrected chi connectivity index (χ3v) is 7.53. The first-order chi connectivity index (χ1) is 17.2. The Bertz CT molecular complexity index is 1290. The molecule has 2 atom stereocenters. The minimum absolute atomic E-state index is 0.127. The zero-order chi connectivity index (χ0) is 23.8. The van der Waals surface area contributed by atoms with Crippen molar-refractivity contribution in [3.05, 3.63) is 48.3 Å². The van der Waals surface area contributed by atoms with Gasteiger partial charge in [-0.3, -0.25) is 4.98 Å². The van der Waals surface area contributed by atoms with Gasteiger partial charge in [0.25, 0.3) is 0 Å². The molecule has 2 fully saturated rings. The minimum atomic E-state index is 0.127. The lowest BCUT2D eigenvalue weighted by molar-refractivity contribution is 0.354. The van der Waals surface area contributed by atoms with Crippen LogP contribution in [0.5, 0.6) is 0 Å². The van der Waals surface area contributed by atoms with Crippen molar-refractivity contribution in [2.45, 2.75) is 75.9 Å². The van der Waals surface area contributed by atoms with Gasteiger partial charge in [-0.15, -0.1) is 0 Å². The van der Waals surface area contributed by atoms with Gasteiger partial charge in [0.05, 0.1) is 18.2 Å². The normalized spacial score (nSPS) is 21.1. The lowest BCUT2D eigenvalue weighted by Crippen LogP contribution is -2.33. The van der Waals surface area contributed by atoms with Crippen LogP contribution in [0, 0.1) is 0 Å². The number of hydrogen-bond acceptors (Lipinski definition) is 8. The second-order valence-corrected chi connectivity index (χ2v) is 9.85. The van der Waals surface area contributed by atoms with E-state index in [1.807, 2.05) is 24.4 Å². The number of imidazole rings is 1. The summed E-state index contributed by atoms with van der Waals surface area (Å²) in [5.41, 5.74) is 17.3. The Kier molecular flexibility index (Phi) is 5.85. The van der Waals surface area contributed by atoms with E-state index in [0.717, 1.165) is 59.5 Å². The number of rotatable bonds is 6. The second-order valence-electron chi connectivity index (χ2n) is 9.85. The molecule has 0 amide bonds. The lowest BCUT2D eigenvalue weighted by atomic mass is 9.84. The maximum atomic E-state index is 6.61. The Balaban J connectivity index is 1.34. The molecule has 6 rings (SSSR count). The molecule has 2 aliphatic carbocycles. The van der Waals surface area contributed by atoms with Crippen LogP contribution in [0.4, 0.5) is 11.8 Å². The van der Waals surface area contributed by atoms with Crippen LogP contribution in [-0.4, -0.2) is 30.5 Å². The standard InChI is InChI=1S/C26H32N8O/c27-20-8-4-3-7-19(20)24-31-22-23(32-26(28)33-25(22)34(24)18-5-1-2-6-18)30-14-16-9-10-21(29-13-16)17-11-12-35-15-17/h9-13,15,18-20H,1-8,14,27H2,(H3,28,30,32,33). The highest BCUT2D eigenvalue weighted by atomic mass is 16.3. The van der Waals surface area contributed by atoms with Gasteiger partial charge in [-0.1, -0.05) is 31.7 Å². The molecule has 2 unspecified atom stereocenters. The maximum Gasteiger partial charge on any atom is 0.224 e. The van der Waals surface area contributed by atoms with Gasteiger partial charge in [0, 0.05) is 36.3 Å². The molecule has 2 aliphatic rings. The predicted molar refractivity (Wildman–Crippen MR) is 136 cm³/mol. The lowest BCUT2D eigenvalue weighted by Gasteiger charge is -2.29. The summed E-state index contributed by atoms with van der Waals surface area (Å²) in [4.78, 5) is 18.9. The summed E-state index contributed by atoms with van der Waals surface area (Å²) in [5, 5.41) is 3.45. The van der Waals surface area contributed by atoms with E-state index in [9.17, 15) is 0 Å². The zero-order valence-electron chi connectivity index (χ0n) is 19.9. The van der Waals surface area contributed by atoms with Crippen molar-refractivity contribution in [3.63, 3.8) is 0 Å². The largest absolute Gasteiger partial charge is 0.472 e. The zero-order valence-corrected chi connectivity index (χ0v) is 19.9. The molecule has 0 bridgehead atoms. The van der Waals surface area contributed by atoms with Gasteiger partial charge < -0.3 is 25.8 Å². The number of pyridine rings is 1. The summed E-state index contributed by atoms with van der Waals surface area (Å²) in [6.45, 7) is 0.554. The third kappa shape index (κ3) is 4.25. The molecule has 4 heterocycles. The van der Waals surface area contributed by atoms with Crippen LogP contribution in [0.3, 0.4) is 0 Å². The third-order valence-electron chi connectivity index (χ3n) is 7.53. The van der Waals surface area contributed by atoms with E-state index in [1.165, 1.54) is 25.7 Å². The molecule has 0 saturated heterocycles. The summed E-state index contributed by atoms with van der Waals surface area (Å²) in [6.07, 6.45) is 14.4. The van der Waals surface area contributed by atoms with Gasteiger partial charge in [0.1, 0.15) is 5.82 Å². The predicted octanol–water partition coefficient (Wildman–Crippen LogP) is 4.78. The molecular weight excluding hydrogens is 440 g/mol. The average molecular weight is 473 g/mol. The number of nitrogens with zero attached hydrogens (tertiary/aromatic N) is 5. The van der Waals surface area contributed by atoms with Crippen LogP contribution in [0.2, 0.25) is 0 Å². The highest BCUT2D eigenvalue weighted by Gasteiger charge is 2.33. The van der Waals surface area contributed by atoms with Gasteiger partial charge in [-0.2, -0.15) is 9.97 Å². The molecule has 9 heteroatoms. The Hall–Kier alpha value is -3.46. The van der Waals surface area contributed by atoms with E-state index in [2.05, 4.69) is 24.8 Å². The first-order valence-electron chi connectivity index (χ1n) is 12.7. The molecule has 0 aromatic carbocycles. The van der Waals surface area contributed by atoms with E-state index in [0.29, 0.717) is 18.4 Å². The van der Waals surface area contributed by atoms with Crippen LogP contribution < -0.4 is 16.8 Å². The van der Waals surface area contributed by atoms with Gasteiger partial charge in [-0.05, 0) is 43.4 Å². The first kappa shape index (κ1) is 22.0. The molecular formula is C26H32N8O. The number of fused-ring (bicyclic) bond motifs is 1. The first-order valence-corrected chi connectivity index (χ1v) is 12.7. The monoisotopic (exact) mass is 472 g/mol.